The van der Waals surface area contributed by atoms with Gasteiger partial charge < -0.3 is 10.2 Å². The molecular formula is C10H8N4O2. The van der Waals surface area contributed by atoms with Gasteiger partial charge in [0, 0.05) is 24.8 Å². The zero-order valence-corrected chi connectivity index (χ0v) is 8.15. The molecule has 0 bridgehead atoms. The van der Waals surface area contributed by atoms with Crippen molar-refractivity contribution in [3.05, 3.63) is 48.6 Å². The lowest BCUT2D eigenvalue weighted by Crippen LogP contribution is -1.96. The average molecular weight is 216 g/mol. The summed E-state index contributed by atoms with van der Waals surface area (Å²) < 4.78 is 0. The summed E-state index contributed by atoms with van der Waals surface area (Å²) >= 11 is 0. The topological polar surface area (TPSA) is 92.0 Å². The van der Waals surface area contributed by atoms with Crippen LogP contribution in [0.3, 0.4) is 0 Å². The number of aliphatic hydroxyl groups is 2. The summed E-state index contributed by atoms with van der Waals surface area (Å²) in [6.45, 7) is 0. The van der Waals surface area contributed by atoms with Crippen molar-refractivity contribution in [2.45, 2.75) is 0 Å². The summed E-state index contributed by atoms with van der Waals surface area (Å²) in [5.41, 5.74) is 0.344. The quantitative estimate of drug-likeness (QED) is 0.733. The normalized spacial score (nSPS) is 12.0. The van der Waals surface area contributed by atoms with Crippen LogP contribution in [-0.4, -0.2) is 30.1 Å². The van der Waals surface area contributed by atoms with Crippen LogP contribution in [0.25, 0.3) is 11.5 Å². The molecule has 0 aliphatic heterocycles. The van der Waals surface area contributed by atoms with E-state index >= 15 is 0 Å². The SMILES string of the molecule is O/C(=C(/O)c1cnccn1)c1cnccn1. The molecule has 0 saturated heterocycles. The fourth-order valence-corrected chi connectivity index (χ4v) is 1.09. The fourth-order valence-electron chi connectivity index (χ4n) is 1.09. The van der Waals surface area contributed by atoms with Gasteiger partial charge in [-0.3, -0.25) is 9.97 Å². The molecule has 2 N–H and O–H groups in total. The Kier molecular flexibility index (Phi) is 2.73. The molecular weight excluding hydrogens is 208 g/mol. The Hall–Kier alpha value is -2.50. The first-order chi connectivity index (χ1) is 7.79. The molecule has 0 amide bonds. The van der Waals surface area contributed by atoms with Crippen LogP contribution in [0.5, 0.6) is 0 Å². The molecule has 2 rings (SSSR count). The van der Waals surface area contributed by atoms with Crippen LogP contribution in [0.15, 0.2) is 37.2 Å². The van der Waals surface area contributed by atoms with Gasteiger partial charge in [-0.25, -0.2) is 9.97 Å². The fraction of sp³-hybridized carbons (Fsp3) is 0. The summed E-state index contributed by atoms with van der Waals surface area (Å²) in [6, 6.07) is 0. The van der Waals surface area contributed by atoms with E-state index in [9.17, 15) is 10.2 Å². The van der Waals surface area contributed by atoms with Gasteiger partial charge in [-0.2, -0.15) is 0 Å². The number of aromatic nitrogens is 4. The van der Waals surface area contributed by atoms with Gasteiger partial charge in [0.15, 0.2) is 11.5 Å². The Morgan fingerprint density at radius 3 is 1.50 bits per heavy atom. The lowest BCUT2D eigenvalue weighted by Gasteiger charge is -2.02. The number of rotatable bonds is 2. The average Bonchev–Trinajstić information content (AvgIpc) is 2.39. The second kappa shape index (κ2) is 4.35. The summed E-state index contributed by atoms with van der Waals surface area (Å²) in [6.07, 6.45) is 8.43. The van der Waals surface area contributed by atoms with Gasteiger partial charge in [-0.15, -0.1) is 0 Å². The second-order valence-electron chi connectivity index (χ2n) is 2.88. The molecule has 0 saturated carbocycles. The first-order valence-corrected chi connectivity index (χ1v) is 4.44. The van der Waals surface area contributed by atoms with Crippen LogP contribution in [0.4, 0.5) is 0 Å². The van der Waals surface area contributed by atoms with E-state index in [-0.39, 0.29) is 22.9 Å². The zero-order chi connectivity index (χ0) is 11.4. The van der Waals surface area contributed by atoms with Crippen molar-refractivity contribution in [3.8, 4) is 0 Å². The van der Waals surface area contributed by atoms with Gasteiger partial charge >= 0.3 is 0 Å². The Bertz CT molecular complexity index is 451. The molecule has 16 heavy (non-hydrogen) atoms. The van der Waals surface area contributed by atoms with Gasteiger partial charge in [0.1, 0.15) is 11.4 Å². The molecule has 0 aromatic carbocycles. The molecule has 0 aliphatic carbocycles. The molecule has 0 spiro atoms. The summed E-state index contributed by atoms with van der Waals surface area (Å²) in [4.78, 5) is 15.2. The largest absolute Gasteiger partial charge is 0.503 e. The molecule has 80 valence electrons. The Labute approximate surface area is 91.0 Å². The maximum absolute atomic E-state index is 9.70. The van der Waals surface area contributed by atoms with Crippen LogP contribution in [0, 0.1) is 0 Å². The highest BCUT2D eigenvalue weighted by Crippen LogP contribution is 2.17. The molecule has 0 fully saturated rings. The van der Waals surface area contributed by atoms with Gasteiger partial charge in [0.05, 0.1) is 12.4 Å². The van der Waals surface area contributed by atoms with Gasteiger partial charge in [-0.05, 0) is 0 Å². The minimum absolute atomic E-state index is 0.172. The van der Waals surface area contributed by atoms with Crippen molar-refractivity contribution in [2.75, 3.05) is 0 Å². The smallest absolute Gasteiger partial charge is 0.187 e. The molecule has 2 aromatic heterocycles. The van der Waals surface area contributed by atoms with E-state index in [0.29, 0.717) is 0 Å². The van der Waals surface area contributed by atoms with E-state index < -0.39 is 0 Å². The lowest BCUT2D eigenvalue weighted by molar-refractivity contribution is 0.455. The molecule has 0 radical (unpaired) electrons. The van der Waals surface area contributed by atoms with Gasteiger partial charge in [0.2, 0.25) is 0 Å². The van der Waals surface area contributed by atoms with E-state index in [1.165, 1.54) is 37.2 Å². The third-order valence-electron chi connectivity index (χ3n) is 1.84. The van der Waals surface area contributed by atoms with E-state index in [4.69, 9.17) is 0 Å². The van der Waals surface area contributed by atoms with E-state index in [1.807, 2.05) is 0 Å². The van der Waals surface area contributed by atoms with E-state index in [0.717, 1.165) is 0 Å². The van der Waals surface area contributed by atoms with Crippen molar-refractivity contribution in [1.29, 1.82) is 0 Å². The highest BCUT2D eigenvalue weighted by Gasteiger charge is 2.11. The second-order valence-corrected chi connectivity index (χ2v) is 2.88. The van der Waals surface area contributed by atoms with Crippen LogP contribution in [-0.2, 0) is 0 Å². The highest BCUT2D eigenvalue weighted by molar-refractivity contribution is 5.79. The maximum atomic E-state index is 9.70. The number of aliphatic hydroxyl groups excluding tert-OH is 2. The van der Waals surface area contributed by atoms with Crippen molar-refractivity contribution in [2.24, 2.45) is 0 Å². The van der Waals surface area contributed by atoms with Crippen molar-refractivity contribution < 1.29 is 10.2 Å². The summed E-state index contributed by atoms with van der Waals surface area (Å²) in [5.74, 6) is -0.762. The first kappa shape index (κ1) is 10.0. The third kappa shape index (κ3) is 1.95. The third-order valence-corrected chi connectivity index (χ3v) is 1.84. The molecule has 0 atom stereocenters. The minimum Gasteiger partial charge on any atom is -0.503 e. The number of hydrogen-bond donors (Lipinski definition) is 2. The molecule has 0 unspecified atom stereocenters. The Balaban J connectivity index is 2.43. The monoisotopic (exact) mass is 216 g/mol. The van der Waals surface area contributed by atoms with Crippen LogP contribution in [0.2, 0.25) is 0 Å². The molecule has 6 heteroatoms. The zero-order valence-electron chi connectivity index (χ0n) is 8.15. The van der Waals surface area contributed by atoms with Gasteiger partial charge in [-0.1, -0.05) is 0 Å². The predicted molar refractivity (Wildman–Crippen MR) is 56.1 cm³/mol. The first-order valence-electron chi connectivity index (χ1n) is 4.44. The predicted octanol–water partition coefficient (Wildman–Crippen LogP) is 1.21. The van der Waals surface area contributed by atoms with Crippen molar-refractivity contribution in [3.63, 3.8) is 0 Å². The van der Waals surface area contributed by atoms with Gasteiger partial charge in [0.25, 0.3) is 0 Å². The Morgan fingerprint density at radius 1 is 0.750 bits per heavy atom. The minimum atomic E-state index is -0.381. The maximum Gasteiger partial charge on any atom is 0.187 e. The van der Waals surface area contributed by atoms with Crippen molar-refractivity contribution >= 4 is 11.5 Å². The number of nitrogens with zero attached hydrogens (tertiary/aromatic N) is 4. The molecule has 2 heterocycles. The standard InChI is InChI=1S/C10H8N4O2/c15-9(7-5-11-1-3-13-7)10(16)8-6-12-2-4-14-8/h1-6,15-16H/b10-9+. The van der Waals surface area contributed by atoms with Crippen molar-refractivity contribution in [1.82, 2.24) is 19.9 Å². The van der Waals surface area contributed by atoms with Crippen LogP contribution >= 0.6 is 0 Å². The molecule has 0 aliphatic rings. The van der Waals surface area contributed by atoms with Crippen LogP contribution in [0.1, 0.15) is 11.4 Å². The summed E-state index contributed by atoms with van der Waals surface area (Å²) in [7, 11) is 0. The lowest BCUT2D eigenvalue weighted by atomic mass is 10.2. The molecule has 2 aromatic rings. The Morgan fingerprint density at radius 2 is 1.19 bits per heavy atom. The summed E-state index contributed by atoms with van der Waals surface area (Å²) in [5, 5.41) is 19.4. The van der Waals surface area contributed by atoms with E-state index in [2.05, 4.69) is 19.9 Å². The molecule has 6 nitrogen and oxygen atoms in total. The highest BCUT2D eigenvalue weighted by atomic mass is 16.3. The van der Waals surface area contributed by atoms with E-state index in [1.54, 1.807) is 0 Å². The van der Waals surface area contributed by atoms with Crippen LogP contribution < -0.4 is 0 Å². The number of hydrogen-bond acceptors (Lipinski definition) is 6.